The van der Waals surface area contributed by atoms with Crippen LogP contribution in [0.1, 0.15) is 24.9 Å². The summed E-state index contributed by atoms with van der Waals surface area (Å²) in [6.07, 6.45) is 3.93. The molecule has 0 bridgehead atoms. The fourth-order valence-corrected chi connectivity index (χ4v) is 1.74. The third kappa shape index (κ3) is 1.56. The minimum absolute atomic E-state index is 0.155. The van der Waals surface area contributed by atoms with Crippen LogP contribution < -0.4 is 5.73 Å². The number of nitrogens with two attached hydrogens (primary N) is 1. The van der Waals surface area contributed by atoms with Crippen LogP contribution in [0.4, 0.5) is 4.39 Å². The number of aromatic nitrogens is 1. The van der Waals surface area contributed by atoms with E-state index in [9.17, 15) is 4.39 Å². The Morgan fingerprint density at radius 3 is 2.92 bits per heavy atom. The molecule has 3 unspecified atom stereocenters. The molecule has 0 aromatic carbocycles. The van der Waals surface area contributed by atoms with Gasteiger partial charge in [0.1, 0.15) is 5.82 Å². The monoisotopic (exact) mass is 180 g/mol. The Labute approximate surface area is 77.0 Å². The van der Waals surface area contributed by atoms with Crippen LogP contribution in [-0.4, -0.2) is 4.98 Å². The molecule has 3 heteroatoms. The van der Waals surface area contributed by atoms with Crippen LogP contribution in [0.5, 0.6) is 0 Å². The first kappa shape index (κ1) is 8.63. The fraction of sp³-hybridized carbons (Fsp3) is 0.500. The van der Waals surface area contributed by atoms with Gasteiger partial charge >= 0.3 is 0 Å². The second kappa shape index (κ2) is 3.07. The van der Waals surface area contributed by atoms with Gasteiger partial charge in [0, 0.05) is 17.8 Å². The van der Waals surface area contributed by atoms with Crippen LogP contribution in [0.15, 0.2) is 18.5 Å². The summed E-state index contributed by atoms with van der Waals surface area (Å²) < 4.78 is 13.2. The maximum Gasteiger partial charge on any atom is 0.146 e. The van der Waals surface area contributed by atoms with E-state index in [0.717, 1.165) is 6.42 Å². The maximum absolute atomic E-state index is 13.2. The van der Waals surface area contributed by atoms with Crippen molar-refractivity contribution in [3.8, 4) is 0 Å². The van der Waals surface area contributed by atoms with Gasteiger partial charge in [-0.15, -0.1) is 0 Å². The Balaban J connectivity index is 2.20. The van der Waals surface area contributed by atoms with Crippen LogP contribution in [0.3, 0.4) is 0 Å². The molecular formula is C10H13FN2. The van der Waals surface area contributed by atoms with Gasteiger partial charge in [0.2, 0.25) is 0 Å². The van der Waals surface area contributed by atoms with Gasteiger partial charge in [-0.2, -0.15) is 0 Å². The Hall–Kier alpha value is -0.960. The van der Waals surface area contributed by atoms with Crippen molar-refractivity contribution in [2.45, 2.75) is 19.4 Å². The third-order valence-corrected chi connectivity index (χ3v) is 2.80. The highest BCUT2D eigenvalue weighted by Gasteiger charge is 2.39. The van der Waals surface area contributed by atoms with E-state index in [4.69, 9.17) is 5.73 Å². The molecule has 70 valence electrons. The zero-order valence-corrected chi connectivity index (χ0v) is 7.57. The Morgan fingerprint density at radius 2 is 2.38 bits per heavy atom. The number of pyridine rings is 1. The molecule has 1 fully saturated rings. The van der Waals surface area contributed by atoms with E-state index < -0.39 is 0 Å². The second-order valence-corrected chi connectivity index (χ2v) is 3.80. The predicted octanol–water partition coefficient (Wildman–Crippen LogP) is 1.88. The molecule has 0 amide bonds. The van der Waals surface area contributed by atoms with E-state index in [1.165, 1.54) is 6.20 Å². The first-order valence-corrected chi connectivity index (χ1v) is 4.55. The van der Waals surface area contributed by atoms with Crippen LogP contribution in [0.25, 0.3) is 0 Å². The molecule has 1 aromatic heterocycles. The molecule has 0 aliphatic heterocycles. The summed E-state index contributed by atoms with van der Waals surface area (Å²) in [4.78, 5) is 3.70. The van der Waals surface area contributed by atoms with Crippen molar-refractivity contribution < 1.29 is 4.39 Å². The summed E-state index contributed by atoms with van der Waals surface area (Å²) >= 11 is 0. The molecule has 1 heterocycles. The van der Waals surface area contributed by atoms with E-state index in [0.29, 0.717) is 17.4 Å². The number of halogens is 1. The summed E-state index contributed by atoms with van der Waals surface area (Å²) in [5.74, 6) is 0.813. The number of hydrogen-bond acceptors (Lipinski definition) is 2. The molecule has 2 nitrogen and oxygen atoms in total. The first-order valence-electron chi connectivity index (χ1n) is 4.55. The molecule has 13 heavy (non-hydrogen) atoms. The lowest BCUT2D eigenvalue weighted by atomic mass is 10.0. The number of nitrogens with zero attached hydrogens (tertiary/aromatic N) is 1. The number of hydrogen-bond donors (Lipinski definition) is 1. The molecule has 2 N–H and O–H groups in total. The Bertz CT molecular complexity index is 314. The van der Waals surface area contributed by atoms with Crippen LogP contribution in [0.2, 0.25) is 0 Å². The topological polar surface area (TPSA) is 38.9 Å². The lowest BCUT2D eigenvalue weighted by molar-refractivity contribution is 0.533. The van der Waals surface area contributed by atoms with Gasteiger partial charge in [-0.25, -0.2) is 4.39 Å². The average molecular weight is 180 g/mol. The summed E-state index contributed by atoms with van der Waals surface area (Å²) in [7, 11) is 0. The van der Waals surface area contributed by atoms with Gasteiger partial charge in [-0.3, -0.25) is 4.98 Å². The molecule has 1 aliphatic carbocycles. The largest absolute Gasteiger partial charge is 0.324 e. The van der Waals surface area contributed by atoms with E-state index in [1.54, 1.807) is 12.3 Å². The van der Waals surface area contributed by atoms with Crippen molar-refractivity contribution in [1.82, 2.24) is 4.98 Å². The lowest BCUT2D eigenvalue weighted by Gasteiger charge is -2.11. The minimum atomic E-state index is -0.283. The maximum atomic E-state index is 13.2. The van der Waals surface area contributed by atoms with Crippen molar-refractivity contribution in [2.24, 2.45) is 17.6 Å². The molecule has 2 rings (SSSR count). The van der Waals surface area contributed by atoms with Crippen LogP contribution >= 0.6 is 0 Å². The quantitative estimate of drug-likeness (QED) is 0.754. The van der Waals surface area contributed by atoms with Crippen molar-refractivity contribution in [1.29, 1.82) is 0 Å². The van der Waals surface area contributed by atoms with E-state index in [-0.39, 0.29) is 11.9 Å². The van der Waals surface area contributed by atoms with Gasteiger partial charge in [-0.05, 0) is 24.3 Å². The Kier molecular flexibility index (Phi) is 2.04. The molecule has 1 aromatic rings. The van der Waals surface area contributed by atoms with Gasteiger partial charge < -0.3 is 5.73 Å². The molecule has 0 radical (unpaired) electrons. The zero-order valence-electron chi connectivity index (χ0n) is 7.57. The Morgan fingerprint density at radius 1 is 1.69 bits per heavy atom. The highest BCUT2D eigenvalue weighted by molar-refractivity contribution is 5.19. The first-order chi connectivity index (χ1) is 6.20. The van der Waals surface area contributed by atoms with E-state index in [1.807, 2.05) is 0 Å². The van der Waals surface area contributed by atoms with Crippen molar-refractivity contribution in [2.75, 3.05) is 0 Å². The van der Waals surface area contributed by atoms with Crippen molar-refractivity contribution >= 4 is 0 Å². The lowest BCUT2D eigenvalue weighted by Crippen LogP contribution is -2.15. The summed E-state index contributed by atoms with van der Waals surface area (Å²) in [6, 6.07) is 1.52. The van der Waals surface area contributed by atoms with E-state index in [2.05, 4.69) is 11.9 Å². The van der Waals surface area contributed by atoms with E-state index >= 15 is 0 Å². The SMILES string of the molecule is CC1CC1C(N)c1ccncc1F. The van der Waals surface area contributed by atoms with Crippen LogP contribution in [0, 0.1) is 17.7 Å². The minimum Gasteiger partial charge on any atom is -0.324 e. The van der Waals surface area contributed by atoms with Crippen LogP contribution in [-0.2, 0) is 0 Å². The summed E-state index contributed by atoms with van der Waals surface area (Å²) in [5, 5.41) is 0. The molecule has 3 atom stereocenters. The standard InChI is InChI=1S/C10H13FN2/c1-6-4-8(6)10(12)7-2-3-13-5-9(7)11/h2-3,5-6,8,10H,4,12H2,1H3. The predicted molar refractivity (Wildman–Crippen MR) is 48.4 cm³/mol. The van der Waals surface area contributed by atoms with Crippen molar-refractivity contribution in [3.63, 3.8) is 0 Å². The van der Waals surface area contributed by atoms with Gasteiger partial charge in [-0.1, -0.05) is 6.92 Å². The van der Waals surface area contributed by atoms with Crippen molar-refractivity contribution in [3.05, 3.63) is 29.8 Å². The second-order valence-electron chi connectivity index (χ2n) is 3.80. The smallest absolute Gasteiger partial charge is 0.146 e. The molecule has 0 spiro atoms. The average Bonchev–Trinajstić information content (AvgIpc) is 2.82. The number of rotatable bonds is 2. The highest BCUT2D eigenvalue weighted by Crippen LogP contribution is 2.45. The molecular weight excluding hydrogens is 167 g/mol. The summed E-state index contributed by atoms with van der Waals surface area (Å²) in [6.45, 7) is 2.14. The summed E-state index contributed by atoms with van der Waals surface area (Å²) in [5.41, 5.74) is 6.52. The highest BCUT2D eigenvalue weighted by atomic mass is 19.1. The zero-order chi connectivity index (χ0) is 9.42. The molecule has 1 aliphatic rings. The third-order valence-electron chi connectivity index (χ3n) is 2.80. The fourth-order valence-electron chi connectivity index (χ4n) is 1.74. The molecule has 0 saturated heterocycles. The molecule has 1 saturated carbocycles. The van der Waals surface area contributed by atoms with Gasteiger partial charge in [0.15, 0.2) is 0 Å². The van der Waals surface area contributed by atoms with Gasteiger partial charge in [0.05, 0.1) is 6.20 Å². The normalized spacial score (nSPS) is 28.5. The van der Waals surface area contributed by atoms with Gasteiger partial charge in [0.25, 0.3) is 0 Å².